The second kappa shape index (κ2) is 4.99. The maximum Gasteiger partial charge on any atom is 0.123 e. The van der Waals surface area contributed by atoms with E-state index < -0.39 is 0 Å². The highest BCUT2D eigenvalue weighted by atomic mass is 16.5. The minimum Gasteiger partial charge on any atom is -0.494 e. The van der Waals surface area contributed by atoms with Crippen LogP contribution in [0.1, 0.15) is 12.5 Å². The molecule has 0 amide bonds. The van der Waals surface area contributed by atoms with Crippen molar-refractivity contribution in [1.82, 2.24) is 0 Å². The molecule has 2 aromatic rings. The van der Waals surface area contributed by atoms with Crippen LogP contribution in [0.15, 0.2) is 36.4 Å². The fourth-order valence-corrected chi connectivity index (χ4v) is 2.01. The van der Waals surface area contributed by atoms with Gasteiger partial charge in [0.05, 0.1) is 6.61 Å². The van der Waals surface area contributed by atoms with Crippen LogP contribution in [0.2, 0.25) is 0 Å². The molecule has 2 N–H and O–H groups in total. The lowest BCUT2D eigenvalue weighted by molar-refractivity contribution is 0.337. The molecule has 0 unspecified atom stereocenters. The van der Waals surface area contributed by atoms with Crippen molar-refractivity contribution in [3.05, 3.63) is 42.0 Å². The van der Waals surface area contributed by atoms with Crippen LogP contribution in [0, 0.1) is 0 Å². The predicted octanol–water partition coefficient (Wildman–Crippen LogP) is 2.74. The van der Waals surface area contributed by atoms with Crippen LogP contribution in [0.5, 0.6) is 5.75 Å². The molecule has 0 spiro atoms. The molecule has 0 aliphatic carbocycles. The van der Waals surface area contributed by atoms with Crippen molar-refractivity contribution in [2.75, 3.05) is 13.2 Å². The molecule has 0 aliphatic rings. The minimum absolute atomic E-state index is 0.647. The quantitative estimate of drug-likeness (QED) is 0.851. The first-order valence-corrected chi connectivity index (χ1v) is 5.70. The molecule has 0 saturated heterocycles. The van der Waals surface area contributed by atoms with Crippen LogP contribution < -0.4 is 10.5 Å². The lowest BCUT2D eigenvalue weighted by atomic mass is 10.0. The van der Waals surface area contributed by atoms with Crippen LogP contribution in [0.4, 0.5) is 0 Å². The zero-order valence-electron chi connectivity index (χ0n) is 9.57. The highest BCUT2D eigenvalue weighted by molar-refractivity contribution is 5.87. The Kier molecular flexibility index (Phi) is 3.42. The molecule has 0 aromatic heterocycles. The summed E-state index contributed by atoms with van der Waals surface area (Å²) in [6.45, 7) is 3.34. The standard InChI is InChI=1S/C14H17NO/c1-2-16-14-8-7-11-5-3-4-6-12(11)13(14)9-10-15/h3-8H,2,9-10,15H2,1H3. The van der Waals surface area contributed by atoms with Gasteiger partial charge in [0.1, 0.15) is 5.75 Å². The Hall–Kier alpha value is -1.54. The summed E-state index contributed by atoms with van der Waals surface area (Å²) in [6, 6.07) is 12.5. The van der Waals surface area contributed by atoms with Crippen molar-refractivity contribution >= 4 is 10.8 Å². The molecule has 0 saturated carbocycles. The first kappa shape index (κ1) is 11.0. The van der Waals surface area contributed by atoms with Crippen molar-refractivity contribution in [3.8, 4) is 5.75 Å². The molecule has 0 fully saturated rings. The van der Waals surface area contributed by atoms with Gasteiger partial charge in [0.25, 0.3) is 0 Å². The summed E-state index contributed by atoms with van der Waals surface area (Å²) in [5.74, 6) is 0.964. The van der Waals surface area contributed by atoms with Gasteiger partial charge in [-0.25, -0.2) is 0 Å². The number of hydrogen-bond acceptors (Lipinski definition) is 2. The summed E-state index contributed by atoms with van der Waals surface area (Å²) in [6.07, 6.45) is 0.858. The lowest BCUT2D eigenvalue weighted by Crippen LogP contribution is -2.06. The normalized spacial score (nSPS) is 10.6. The maximum atomic E-state index is 5.66. The summed E-state index contributed by atoms with van der Waals surface area (Å²) in [7, 11) is 0. The van der Waals surface area contributed by atoms with Gasteiger partial charge >= 0.3 is 0 Å². The van der Waals surface area contributed by atoms with Crippen molar-refractivity contribution in [2.45, 2.75) is 13.3 Å². The Bertz CT molecular complexity index is 479. The molecule has 16 heavy (non-hydrogen) atoms. The summed E-state index contributed by atoms with van der Waals surface area (Å²) in [4.78, 5) is 0. The fourth-order valence-electron chi connectivity index (χ4n) is 2.01. The smallest absolute Gasteiger partial charge is 0.123 e. The second-order valence-electron chi connectivity index (χ2n) is 3.74. The lowest BCUT2D eigenvalue weighted by Gasteiger charge is -2.12. The van der Waals surface area contributed by atoms with Gasteiger partial charge in [0.15, 0.2) is 0 Å². The van der Waals surface area contributed by atoms with E-state index in [2.05, 4.69) is 30.3 Å². The van der Waals surface area contributed by atoms with E-state index in [9.17, 15) is 0 Å². The number of hydrogen-bond donors (Lipinski definition) is 1. The van der Waals surface area contributed by atoms with Gasteiger partial charge in [-0.3, -0.25) is 0 Å². The molecule has 0 bridgehead atoms. The van der Waals surface area contributed by atoms with E-state index in [1.54, 1.807) is 0 Å². The maximum absolute atomic E-state index is 5.66. The van der Waals surface area contributed by atoms with Gasteiger partial charge in [0.2, 0.25) is 0 Å². The van der Waals surface area contributed by atoms with Gasteiger partial charge < -0.3 is 10.5 Å². The molecule has 0 atom stereocenters. The molecule has 84 valence electrons. The van der Waals surface area contributed by atoms with Crippen LogP contribution in [0.3, 0.4) is 0 Å². The molecular weight excluding hydrogens is 198 g/mol. The Morgan fingerprint density at radius 1 is 1.12 bits per heavy atom. The summed E-state index contributed by atoms with van der Waals surface area (Å²) < 4.78 is 5.64. The van der Waals surface area contributed by atoms with Crippen molar-refractivity contribution in [2.24, 2.45) is 5.73 Å². The van der Waals surface area contributed by atoms with E-state index >= 15 is 0 Å². The number of nitrogens with two attached hydrogens (primary N) is 1. The van der Waals surface area contributed by atoms with E-state index in [0.717, 1.165) is 12.2 Å². The average Bonchev–Trinajstić information content (AvgIpc) is 2.32. The zero-order valence-corrected chi connectivity index (χ0v) is 9.57. The molecule has 2 nitrogen and oxygen atoms in total. The summed E-state index contributed by atoms with van der Waals surface area (Å²) >= 11 is 0. The molecule has 0 aliphatic heterocycles. The molecular formula is C14H17NO. The average molecular weight is 215 g/mol. The molecule has 2 heteroatoms. The van der Waals surface area contributed by atoms with Gasteiger partial charge in [-0.1, -0.05) is 30.3 Å². The van der Waals surface area contributed by atoms with Crippen LogP contribution in [0.25, 0.3) is 10.8 Å². The Labute approximate surface area is 96.0 Å². The van der Waals surface area contributed by atoms with Crippen molar-refractivity contribution < 1.29 is 4.74 Å². The Balaban J connectivity index is 2.58. The topological polar surface area (TPSA) is 35.2 Å². The van der Waals surface area contributed by atoms with E-state index in [1.165, 1.54) is 16.3 Å². The number of ether oxygens (including phenoxy) is 1. The molecule has 2 aromatic carbocycles. The third-order valence-electron chi connectivity index (χ3n) is 2.69. The number of fused-ring (bicyclic) bond motifs is 1. The first-order chi connectivity index (χ1) is 7.86. The van der Waals surface area contributed by atoms with Crippen LogP contribution >= 0.6 is 0 Å². The zero-order chi connectivity index (χ0) is 11.4. The highest BCUT2D eigenvalue weighted by Gasteiger charge is 2.07. The van der Waals surface area contributed by atoms with E-state index in [-0.39, 0.29) is 0 Å². The minimum atomic E-state index is 0.647. The van der Waals surface area contributed by atoms with Crippen LogP contribution in [-0.2, 0) is 6.42 Å². The number of benzene rings is 2. The van der Waals surface area contributed by atoms with E-state index in [4.69, 9.17) is 10.5 Å². The van der Waals surface area contributed by atoms with Gasteiger partial charge in [0, 0.05) is 5.56 Å². The SMILES string of the molecule is CCOc1ccc2ccccc2c1CCN. The predicted molar refractivity (Wildman–Crippen MR) is 67.9 cm³/mol. The summed E-state index contributed by atoms with van der Waals surface area (Å²) in [5, 5.41) is 2.49. The van der Waals surface area contributed by atoms with Gasteiger partial charge in [-0.15, -0.1) is 0 Å². The Morgan fingerprint density at radius 2 is 1.94 bits per heavy atom. The van der Waals surface area contributed by atoms with E-state index in [0.29, 0.717) is 13.2 Å². The Morgan fingerprint density at radius 3 is 2.69 bits per heavy atom. The first-order valence-electron chi connectivity index (χ1n) is 5.70. The second-order valence-corrected chi connectivity index (χ2v) is 3.74. The monoisotopic (exact) mass is 215 g/mol. The molecule has 0 radical (unpaired) electrons. The highest BCUT2D eigenvalue weighted by Crippen LogP contribution is 2.28. The third-order valence-corrected chi connectivity index (χ3v) is 2.69. The van der Waals surface area contributed by atoms with Gasteiger partial charge in [-0.2, -0.15) is 0 Å². The van der Waals surface area contributed by atoms with Crippen molar-refractivity contribution in [3.63, 3.8) is 0 Å². The van der Waals surface area contributed by atoms with Crippen molar-refractivity contribution in [1.29, 1.82) is 0 Å². The molecule has 2 rings (SSSR count). The fraction of sp³-hybridized carbons (Fsp3) is 0.286. The van der Waals surface area contributed by atoms with Crippen LogP contribution in [-0.4, -0.2) is 13.2 Å². The molecule has 0 heterocycles. The largest absolute Gasteiger partial charge is 0.494 e. The van der Waals surface area contributed by atoms with E-state index in [1.807, 2.05) is 13.0 Å². The summed E-state index contributed by atoms with van der Waals surface area (Å²) in [5.41, 5.74) is 6.89. The third kappa shape index (κ3) is 2.02. The van der Waals surface area contributed by atoms with Gasteiger partial charge in [-0.05, 0) is 36.7 Å². The number of rotatable bonds is 4.